The first-order valence-electron chi connectivity index (χ1n) is 9.68. The van der Waals surface area contributed by atoms with Crippen LogP contribution in [-0.2, 0) is 16.0 Å². The molecule has 5 nitrogen and oxygen atoms in total. The van der Waals surface area contributed by atoms with E-state index in [1.807, 2.05) is 49.4 Å². The van der Waals surface area contributed by atoms with E-state index in [1.165, 1.54) is 0 Å². The number of amides is 1. The van der Waals surface area contributed by atoms with Crippen molar-refractivity contribution < 1.29 is 19.1 Å². The number of carbonyl (C=O) groups is 3. The zero-order chi connectivity index (χ0) is 21.5. The van der Waals surface area contributed by atoms with Gasteiger partial charge in [0.1, 0.15) is 0 Å². The van der Waals surface area contributed by atoms with E-state index >= 15 is 0 Å². The number of esters is 1. The van der Waals surface area contributed by atoms with Gasteiger partial charge in [0.05, 0.1) is 12.0 Å². The highest BCUT2D eigenvalue weighted by atomic mass is 16.5. The molecular weight excluding hydrogens is 378 g/mol. The Hall–Kier alpha value is -3.73. The Morgan fingerprint density at radius 3 is 2.07 bits per heavy atom. The van der Waals surface area contributed by atoms with Crippen LogP contribution < -0.4 is 5.32 Å². The van der Waals surface area contributed by atoms with Gasteiger partial charge in [-0.1, -0.05) is 60.2 Å². The lowest BCUT2D eigenvalue weighted by Crippen LogP contribution is -2.24. The van der Waals surface area contributed by atoms with E-state index in [1.54, 1.807) is 43.3 Å². The van der Waals surface area contributed by atoms with E-state index in [2.05, 4.69) is 5.32 Å². The largest absolute Gasteiger partial charge is 0.451 e. The van der Waals surface area contributed by atoms with Crippen molar-refractivity contribution >= 4 is 23.3 Å². The summed E-state index contributed by atoms with van der Waals surface area (Å²) in [4.78, 5) is 36.9. The maximum atomic E-state index is 12.4. The molecule has 3 rings (SSSR count). The summed E-state index contributed by atoms with van der Waals surface area (Å²) in [7, 11) is 0. The summed E-state index contributed by atoms with van der Waals surface area (Å²) in [5.74, 6) is -0.993. The Bertz CT molecular complexity index is 1030. The highest BCUT2D eigenvalue weighted by molar-refractivity contribution is 6.01. The van der Waals surface area contributed by atoms with Crippen molar-refractivity contribution in [1.29, 1.82) is 0 Å². The van der Waals surface area contributed by atoms with Crippen LogP contribution in [0.2, 0.25) is 0 Å². The zero-order valence-electron chi connectivity index (χ0n) is 16.9. The number of nitrogens with one attached hydrogen (secondary N) is 1. The van der Waals surface area contributed by atoms with Crippen LogP contribution in [0.5, 0.6) is 0 Å². The van der Waals surface area contributed by atoms with E-state index in [0.717, 1.165) is 11.1 Å². The Morgan fingerprint density at radius 2 is 1.43 bits per heavy atom. The third-order valence-corrected chi connectivity index (χ3v) is 4.60. The lowest BCUT2D eigenvalue weighted by Gasteiger charge is -2.13. The molecule has 0 heterocycles. The standard InChI is InChI=1S/C25H23NO4/c1-17-8-10-20(11-9-17)24(28)18(2)30-25(29)21-12-14-22(15-13-21)26-23(27)16-19-6-4-3-5-7-19/h3-15,18H,16H2,1-2H3,(H,26,27)/t18-/m1/s1. The van der Waals surface area contributed by atoms with Gasteiger partial charge in [0, 0.05) is 11.3 Å². The average molecular weight is 401 g/mol. The second-order valence-electron chi connectivity index (χ2n) is 7.07. The van der Waals surface area contributed by atoms with Gasteiger partial charge < -0.3 is 10.1 Å². The van der Waals surface area contributed by atoms with Crippen molar-refractivity contribution in [3.05, 3.63) is 101 Å². The summed E-state index contributed by atoms with van der Waals surface area (Å²) in [6.07, 6.45) is -0.631. The third kappa shape index (κ3) is 5.64. The van der Waals surface area contributed by atoms with Gasteiger partial charge in [-0.15, -0.1) is 0 Å². The van der Waals surface area contributed by atoms with Gasteiger partial charge in [0.2, 0.25) is 11.7 Å². The van der Waals surface area contributed by atoms with Crippen LogP contribution in [0.15, 0.2) is 78.9 Å². The minimum atomic E-state index is -0.898. The van der Waals surface area contributed by atoms with Crippen LogP contribution in [-0.4, -0.2) is 23.8 Å². The van der Waals surface area contributed by atoms with Gasteiger partial charge in [0.15, 0.2) is 6.10 Å². The Morgan fingerprint density at radius 1 is 0.833 bits per heavy atom. The molecule has 0 aliphatic heterocycles. The van der Waals surface area contributed by atoms with Gasteiger partial charge in [-0.25, -0.2) is 4.79 Å². The predicted molar refractivity (Wildman–Crippen MR) is 116 cm³/mol. The van der Waals surface area contributed by atoms with Gasteiger partial charge in [-0.3, -0.25) is 9.59 Å². The van der Waals surface area contributed by atoms with Crippen molar-refractivity contribution in [2.45, 2.75) is 26.4 Å². The van der Waals surface area contributed by atoms with Crippen molar-refractivity contribution in [2.75, 3.05) is 5.32 Å². The van der Waals surface area contributed by atoms with Gasteiger partial charge >= 0.3 is 5.97 Å². The Balaban J connectivity index is 1.56. The SMILES string of the molecule is Cc1ccc(C(=O)[C@@H](C)OC(=O)c2ccc(NC(=O)Cc3ccccc3)cc2)cc1. The van der Waals surface area contributed by atoms with Crippen molar-refractivity contribution in [3.8, 4) is 0 Å². The first-order valence-corrected chi connectivity index (χ1v) is 9.68. The second-order valence-corrected chi connectivity index (χ2v) is 7.07. The predicted octanol–water partition coefficient (Wildman–Crippen LogP) is 4.60. The van der Waals surface area contributed by atoms with Crippen molar-refractivity contribution in [1.82, 2.24) is 0 Å². The highest BCUT2D eigenvalue weighted by Gasteiger charge is 2.20. The van der Waals surface area contributed by atoms with Crippen LogP contribution in [0.1, 0.15) is 38.8 Å². The molecule has 30 heavy (non-hydrogen) atoms. The minimum absolute atomic E-state index is 0.145. The fourth-order valence-corrected chi connectivity index (χ4v) is 2.91. The van der Waals surface area contributed by atoms with Gasteiger partial charge in [0.25, 0.3) is 0 Å². The quantitative estimate of drug-likeness (QED) is 0.464. The molecule has 1 amide bonds. The lowest BCUT2D eigenvalue weighted by molar-refractivity contribution is -0.115. The fourth-order valence-electron chi connectivity index (χ4n) is 2.91. The summed E-state index contributed by atoms with van der Waals surface area (Å²) < 4.78 is 5.31. The molecule has 1 atom stereocenters. The third-order valence-electron chi connectivity index (χ3n) is 4.60. The number of carbonyl (C=O) groups excluding carboxylic acids is 3. The molecule has 1 N–H and O–H groups in total. The molecule has 0 radical (unpaired) electrons. The molecular formula is C25H23NO4. The molecule has 0 aliphatic carbocycles. The normalized spacial score (nSPS) is 11.4. The van der Waals surface area contributed by atoms with Gasteiger partial charge in [-0.2, -0.15) is 0 Å². The minimum Gasteiger partial charge on any atom is -0.451 e. The average Bonchev–Trinajstić information content (AvgIpc) is 2.75. The van der Waals surface area contributed by atoms with E-state index in [0.29, 0.717) is 16.8 Å². The summed E-state index contributed by atoms with van der Waals surface area (Å²) in [6, 6.07) is 22.9. The molecule has 0 bridgehead atoms. The number of rotatable bonds is 7. The van der Waals surface area contributed by atoms with Crippen LogP contribution >= 0.6 is 0 Å². The molecule has 3 aromatic rings. The first kappa shape index (κ1) is 21.0. The molecule has 0 saturated carbocycles. The number of hydrogen-bond acceptors (Lipinski definition) is 4. The second kappa shape index (κ2) is 9.65. The van der Waals surface area contributed by atoms with E-state index in [9.17, 15) is 14.4 Å². The summed E-state index contributed by atoms with van der Waals surface area (Å²) in [5.41, 5.74) is 3.35. The maximum absolute atomic E-state index is 12.4. The molecule has 5 heteroatoms. The number of aryl methyl sites for hydroxylation is 1. The van der Waals surface area contributed by atoms with Crippen molar-refractivity contribution in [2.24, 2.45) is 0 Å². The number of hydrogen-bond donors (Lipinski definition) is 1. The summed E-state index contributed by atoms with van der Waals surface area (Å²) >= 11 is 0. The molecule has 152 valence electrons. The number of anilines is 1. The summed E-state index contributed by atoms with van der Waals surface area (Å²) in [5, 5.41) is 2.80. The monoisotopic (exact) mass is 401 g/mol. The van der Waals surface area contributed by atoms with Crippen LogP contribution in [0.3, 0.4) is 0 Å². The Kier molecular flexibility index (Phi) is 6.75. The first-order chi connectivity index (χ1) is 14.4. The van der Waals surface area contributed by atoms with Crippen LogP contribution in [0.4, 0.5) is 5.69 Å². The van der Waals surface area contributed by atoms with Gasteiger partial charge in [-0.05, 0) is 43.7 Å². The number of benzene rings is 3. The summed E-state index contributed by atoms with van der Waals surface area (Å²) in [6.45, 7) is 3.49. The van der Waals surface area contributed by atoms with E-state index in [-0.39, 0.29) is 18.1 Å². The molecule has 0 spiro atoms. The zero-order valence-corrected chi connectivity index (χ0v) is 16.9. The van der Waals surface area contributed by atoms with E-state index < -0.39 is 12.1 Å². The van der Waals surface area contributed by atoms with Crippen molar-refractivity contribution in [3.63, 3.8) is 0 Å². The van der Waals surface area contributed by atoms with Crippen LogP contribution in [0, 0.1) is 6.92 Å². The molecule has 0 aromatic heterocycles. The fraction of sp³-hybridized carbons (Fsp3) is 0.160. The lowest BCUT2D eigenvalue weighted by atomic mass is 10.1. The topological polar surface area (TPSA) is 72.5 Å². The molecule has 3 aromatic carbocycles. The molecule has 0 fully saturated rings. The number of ketones is 1. The highest BCUT2D eigenvalue weighted by Crippen LogP contribution is 2.14. The van der Waals surface area contributed by atoms with E-state index in [4.69, 9.17) is 4.74 Å². The number of ether oxygens (including phenoxy) is 1. The Labute approximate surface area is 175 Å². The molecule has 0 aliphatic rings. The van der Waals surface area contributed by atoms with Crippen LogP contribution in [0.25, 0.3) is 0 Å². The molecule has 0 unspecified atom stereocenters. The molecule has 0 saturated heterocycles. The number of Topliss-reactive ketones (excluding diaryl/α,β-unsaturated/α-hetero) is 1. The smallest absolute Gasteiger partial charge is 0.338 e. The maximum Gasteiger partial charge on any atom is 0.338 e.